The van der Waals surface area contributed by atoms with Gasteiger partial charge in [0.25, 0.3) is 0 Å². The summed E-state index contributed by atoms with van der Waals surface area (Å²) in [6, 6.07) is 1.77. The van der Waals surface area contributed by atoms with Crippen molar-refractivity contribution in [3.8, 4) is 5.75 Å². The number of carbonyl (C=O) groups is 1. The predicted octanol–water partition coefficient (Wildman–Crippen LogP) is 3.48. The number of benzene rings is 1. The zero-order valence-electron chi connectivity index (χ0n) is 9.80. The van der Waals surface area contributed by atoms with Crippen LogP contribution in [0.25, 0.3) is 0 Å². The number of methoxy groups -OCH3 is 1. The molecular formula is C12H15ClO3. The number of rotatable bonds is 3. The quantitative estimate of drug-likeness (QED) is 0.883. The van der Waals surface area contributed by atoms with E-state index in [4.69, 9.17) is 21.4 Å². The van der Waals surface area contributed by atoms with Crippen LogP contribution in [0.15, 0.2) is 6.07 Å². The normalized spacial score (nSPS) is 10.6. The van der Waals surface area contributed by atoms with Gasteiger partial charge in [-0.05, 0) is 30.0 Å². The van der Waals surface area contributed by atoms with Crippen molar-refractivity contribution in [3.63, 3.8) is 0 Å². The van der Waals surface area contributed by atoms with Crippen molar-refractivity contribution in [2.75, 3.05) is 7.11 Å². The Hall–Kier alpha value is -1.22. The Kier molecular flexibility index (Phi) is 3.81. The minimum atomic E-state index is -1.02. The van der Waals surface area contributed by atoms with Gasteiger partial charge in [-0.25, -0.2) is 4.79 Å². The molecule has 16 heavy (non-hydrogen) atoms. The minimum Gasteiger partial charge on any atom is -0.496 e. The maximum Gasteiger partial charge on any atom is 0.339 e. The molecule has 3 nitrogen and oxygen atoms in total. The molecule has 0 fully saturated rings. The summed E-state index contributed by atoms with van der Waals surface area (Å²) in [4.78, 5) is 11.2. The molecule has 0 aliphatic carbocycles. The lowest BCUT2D eigenvalue weighted by Gasteiger charge is -2.17. The van der Waals surface area contributed by atoms with Crippen molar-refractivity contribution in [2.24, 2.45) is 0 Å². The Labute approximate surface area is 100.0 Å². The van der Waals surface area contributed by atoms with Gasteiger partial charge in [0.1, 0.15) is 11.3 Å². The van der Waals surface area contributed by atoms with Crippen molar-refractivity contribution >= 4 is 17.6 Å². The highest BCUT2D eigenvalue weighted by Gasteiger charge is 2.21. The third kappa shape index (κ3) is 2.14. The lowest BCUT2D eigenvalue weighted by atomic mass is 9.96. The average Bonchev–Trinajstić information content (AvgIpc) is 2.20. The maximum absolute atomic E-state index is 11.2. The number of aromatic carboxylic acids is 1. The average molecular weight is 243 g/mol. The van der Waals surface area contributed by atoms with E-state index in [-0.39, 0.29) is 11.5 Å². The van der Waals surface area contributed by atoms with Gasteiger partial charge in [-0.15, -0.1) is 0 Å². The summed E-state index contributed by atoms with van der Waals surface area (Å²) in [5, 5.41) is 9.63. The van der Waals surface area contributed by atoms with Crippen LogP contribution in [0.3, 0.4) is 0 Å². The molecule has 0 atom stereocenters. The second-order valence-electron chi connectivity index (χ2n) is 3.94. The Morgan fingerprint density at radius 1 is 1.50 bits per heavy atom. The molecule has 0 amide bonds. The summed E-state index contributed by atoms with van der Waals surface area (Å²) in [5.74, 6) is -0.450. The summed E-state index contributed by atoms with van der Waals surface area (Å²) >= 11 is 6.02. The van der Waals surface area contributed by atoms with Gasteiger partial charge in [0.15, 0.2) is 0 Å². The van der Waals surface area contributed by atoms with Crippen molar-refractivity contribution in [1.29, 1.82) is 0 Å². The molecule has 0 saturated heterocycles. The van der Waals surface area contributed by atoms with E-state index in [9.17, 15) is 4.79 Å². The van der Waals surface area contributed by atoms with Gasteiger partial charge < -0.3 is 9.84 Å². The van der Waals surface area contributed by atoms with Crippen LogP contribution in [-0.4, -0.2) is 18.2 Å². The first-order valence-electron chi connectivity index (χ1n) is 5.00. The van der Waals surface area contributed by atoms with Gasteiger partial charge in [0.05, 0.1) is 7.11 Å². The molecule has 1 rings (SSSR count). The Bertz CT molecular complexity index is 425. The van der Waals surface area contributed by atoms with Crippen LogP contribution < -0.4 is 4.74 Å². The van der Waals surface area contributed by atoms with Gasteiger partial charge >= 0.3 is 5.97 Å². The van der Waals surface area contributed by atoms with Gasteiger partial charge in [-0.3, -0.25) is 0 Å². The van der Waals surface area contributed by atoms with Crippen molar-refractivity contribution < 1.29 is 14.6 Å². The van der Waals surface area contributed by atoms with E-state index in [1.54, 1.807) is 13.0 Å². The molecule has 0 heterocycles. The molecule has 1 aromatic rings. The molecule has 0 aromatic heterocycles. The monoisotopic (exact) mass is 242 g/mol. The molecular weight excluding hydrogens is 228 g/mol. The Morgan fingerprint density at radius 2 is 2.06 bits per heavy atom. The summed E-state index contributed by atoms with van der Waals surface area (Å²) in [7, 11) is 1.47. The van der Waals surface area contributed by atoms with Crippen LogP contribution >= 0.6 is 11.6 Å². The number of halogens is 1. The fraction of sp³-hybridized carbons (Fsp3) is 0.417. The predicted molar refractivity (Wildman–Crippen MR) is 63.8 cm³/mol. The third-order valence-electron chi connectivity index (χ3n) is 2.54. The summed E-state index contributed by atoms with van der Waals surface area (Å²) in [6.45, 7) is 5.61. The minimum absolute atomic E-state index is 0.152. The molecule has 0 unspecified atom stereocenters. The smallest absolute Gasteiger partial charge is 0.339 e. The first-order chi connectivity index (χ1) is 7.40. The van der Waals surface area contributed by atoms with Crippen molar-refractivity contribution in [2.45, 2.75) is 26.7 Å². The molecule has 0 saturated carbocycles. The summed E-state index contributed by atoms with van der Waals surface area (Å²) in [5.41, 5.74) is 1.50. The van der Waals surface area contributed by atoms with E-state index in [0.29, 0.717) is 16.3 Å². The summed E-state index contributed by atoms with van der Waals surface area (Å²) < 4.78 is 5.20. The number of carboxylic acid groups (broad SMARTS) is 1. The van der Waals surface area contributed by atoms with E-state index in [1.807, 2.05) is 13.8 Å². The van der Waals surface area contributed by atoms with Crippen molar-refractivity contribution in [1.82, 2.24) is 0 Å². The molecule has 1 aromatic carbocycles. The van der Waals surface area contributed by atoms with E-state index in [1.165, 1.54) is 7.11 Å². The molecule has 1 N–H and O–H groups in total. The van der Waals surface area contributed by atoms with Crippen LogP contribution in [0.4, 0.5) is 0 Å². The van der Waals surface area contributed by atoms with Gasteiger partial charge in [0, 0.05) is 5.02 Å². The number of hydrogen-bond donors (Lipinski definition) is 1. The third-order valence-corrected chi connectivity index (χ3v) is 2.94. The van der Waals surface area contributed by atoms with E-state index < -0.39 is 5.97 Å². The first kappa shape index (κ1) is 12.8. The zero-order chi connectivity index (χ0) is 12.5. The standard InChI is InChI=1S/C12H15ClO3/c1-6(2)8-5-9(13)7(3)10(12(14)15)11(8)16-4/h5-6H,1-4H3,(H,14,15). The topological polar surface area (TPSA) is 46.5 Å². The lowest BCUT2D eigenvalue weighted by molar-refractivity contribution is 0.0692. The van der Waals surface area contributed by atoms with E-state index in [0.717, 1.165) is 5.56 Å². The number of hydrogen-bond acceptors (Lipinski definition) is 2. The second kappa shape index (κ2) is 4.74. The second-order valence-corrected chi connectivity index (χ2v) is 4.35. The lowest BCUT2D eigenvalue weighted by Crippen LogP contribution is -2.07. The first-order valence-corrected chi connectivity index (χ1v) is 5.38. The molecule has 4 heteroatoms. The Morgan fingerprint density at radius 3 is 2.44 bits per heavy atom. The van der Waals surface area contributed by atoms with E-state index in [2.05, 4.69) is 0 Å². The maximum atomic E-state index is 11.2. The van der Waals surface area contributed by atoms with Gasteiger partial charge in [-0.2, -0.15) is 0 Å². The highest BCUT2D eigenvalue weighted by molar-refractivity contribution is 6.32. The number of carboxylic acids is 1. The zero-order valence-corrected chi connectivity index (χ0v) is 10.6. The molecule has 0 spiro atoms. The SMILES string of the molecule is COc1c(C(C)C)cc(Cl)c(C)c1C(=O)O. The molecule has 0 aliphatic rings. The number of ether oxygens (including phenoxy) is 1. The fourth-order valence-corrected chi connectivity index (χ4v) is 1.86. The molecule has 0 aliphatic heterocycles. The van der Waals surface area contributed by atoms with E-state index >= 15 is 0 Å². The van der Waals surface area contributed by atoms with Crippen molar-refractivity contribution in [3.05, 3.63) is 27.8 Å². The molecule has 0 bridgehead atoms. The van der Waals surface area contributed by atoms with Crippen LogP contribution in [0.5, 0.6) is 5.75 Å². The van der Waals surface area contributed by atoms with Gasteiger partial charge in [-0.1, -0.05) is 25.4 Å². The summed E-state index contributed by atoms with van der Waals surface area (Å²) in [6.07, 6.45) is 0. The van der Waals surface area contributed by atoms with Gasteiger partial charge in [0.2, 0.25) is 0 Å². The van der Waals surface area contributed by atoms with Crippen LogP contribution in [0.1, 0.15) is 41.3 Å². The Balaban J connectivity index is 3.62. The van der Waals surface area contributed by atoms with Crippen LogP contribution in [0.2, 0.25) is 5.02 Å². The largest absolute Gasteiger partial charge is 0.496 e. The highest BCUT2D eigenvalue weighted by atomic mass is 35.5. The van der Waals surface area contributed by atoms with Crippen LogP contribution in [0, 0.1) is 6.92 Å². The van der Waals surface area contributed by atoms with Crippen LogP contribution in [-0.2, 0) is 0 Å². The molecule has 0 radical (unpaired) electrons. The highest BCUT2D eigenvalue weighted by Crippen LogP contribution is 2.36. The fourth-order valence-electron chi connectivity index (χ4n) is 1.65. The molecule has 88 valence electrons.